The molecule has 0 radical (unpaired) electrons. The fourth-order valence-electron chi connectivity index (χ4n) is 2.90. The van der Waals surface area contributed by atoms with Gasteiger partial charge in [-0.1, -0.05) is 0 Å². The van der Waals surface area contributed by atoms with Crippen molar-refractivity contribution in [3.63, 3.8) is 0 Å². The van der Waals surface area contributed by atoms with Crippen molar-refractivity contribution in [2.24, 2.45) is 0 Å². The first-order valence-corrected chi connectivity index (χ1v) is 6.78. The minimum atomic E-state index is -3.37. The van der Waals surface area contributed by atoms with E-state index in [1.54, 1.807) is 23.8 Å². The average molecular weight is 308 g/mol. The third-order valence-corrected chi connectivity index (χ3v) is 4.02. The highest BCUT2D eigenvalue weighted by Gasteiger charge is 2.47. The first-order chi connectivity index (χ1) is 10.3. The highest BCUT2D eigenvalue weighted by atomic mass is 19.3. The number of nitriles is 1. The highest BCUT2D eigenvalue weighted by molar-refractivity contribution is 5.48. The molecule has 1 aliphatic rings. The highest BCUT2D eigenvalue weighted by Crippen LogP contribution is 2.46. The summed E-state index contributed by atoms with van der Waals surface area (Å²) in [6.07, 6.45) is -1.34. The van der Waals surface area contributed by atoms with Crippen molar-refractivity contribution in [1.82, 2.24) is 4.57 Å². The summed E-state index contributed by atoms with van der Waals surface area (Å²) in [6, 6.07) is 5.64. The van der Waals surface area contributed by atoms with Crippen LogP contribution in [0, 0.1) is 24.1 Å². The molecule has 0 saturated heterocycles. The topological polar surface area (TPSA) is 28.7 Å². The Morgan fingerprint density at radius 3 is 2.77 bits per heavy atom. The lowest BCUT2D eigenvalue weighted by molar-refractivity contribution is -0.0868. The number of halogens is 4. The zero-order chi connectivity index (χ0) is 16.1. The van der Waals surface area contributed by atoms with Crippen LogP contribution in [-0.2, 0) is 6.42 Å². The molecule has 22 heavy (non-hydrogen) atoms. The van der Waals surface area contributed by atoms with Crippen LogP contribution in [0.4, 0.5) is 17.6 Å². The Balaban J connectivity index is 2.16. The number of aromatic nitrogens is 1. The fraction of sp³-hybridized carbons (Fsp3) is 0.312. The minimum absolute atomic E-state index is 0.000849. The lowest BCUT2D eigenvalue weighted by atomic mass is 9.90. The molecule has 0 fully saturated rings. The van der Waals surface area contributed by atoms with Gasteiger partial charge in [-0.05, 0) is 37.1 Å². The monoisotopic (exact) mass is 308 g/mol. The van der Waals surface area contributed by atoms with E-state index in [1.165, 1.54) is 12.1 Å². The minimum Gasteiger partial charge on any atom is -0.320 e. The van der Waals surface area contributed by atoms with Crippen LogP contribution in [0.5, 0.6) is 0 Å². The molecule has 3 rings (SSSR count). The Hall–Kier alpha value is -2.29. The van der Waals surface area contributed by atoms with Crippen molar-refractivity contribution in [3.05, 3.63) is 52.6 Å². The summed E-state index contributed by atoms with van der Waals surface area (Å²) in [7, 11) is 0. The number of nitrogens with zero attached hydrogens (tertiary/aromatic N) is 2. The summed E-state index contributed by atoms with van der Waals surface area (Å²) in [5.74, 6) is -4.02. The maximum Gasteiger partial charge on any atom is 0.283 e. The van der Waals surface area contributed by atoms with E-state index in [0.29, 0.717) is 16.9 Å². The molecule has 0 bridgehead atoms. The van der Waals surface area contributed by atoms with Crippen LogP contribution in [-0.4, -0.2) is 10.5 Å². The molecule has 0 saturated carbocycles. The van der Waals surface area contributed by atoms with Gasteiger partial charge >= 0.3 is 0 Å². The summed E-state index contributed by atoms with van der Waals surface area (Å²) in [4.78, 5) is 0. The van der Waals surface area contributed by atoms with Crippen LogP contribution in [0.2, 0.25) is 0 Å². The van der Waals surface area contributed by atoms with Gasteiger partial charge < -0.3 is 4.57 Å². The second-order valence-corrected chi connectivity index (χ2v) is 5.44. The lowest BCUT2D eigenvalue weighted by Crippen LogP contribution is -2.30. The van der Waals surface area contributed by atoms with Crippen molar-refractivity contribution in [2.75, 3.05) is 0 Å². The number of alkyl halides is 3. The Morgan fingerprint density at radius 2 is 2.09 bits per heavy atom. The van der Waals surface area contributed by atoms with Gasteiger partial charge in [0.1, 0.15) is 11.9 Å². The van der Waals surface area contributed by atoms with Gasteiger partial charge in [0.15, 0.2) is 6.17 Å². The van der Waals surface area contributed by atoms with Crippen LogP contribution in [0.1, 0.15) is 35.0 Å². The van der Waals surface area contributed by atoms with Gasteiger partial charge in [-0.25, -0.2) is 17.6 Å². The molecule has 0 N–H and O–H groups in total. The van der Waals surface area contributed by atoms with Gasteiger partial charge in [0.25, 0.3) is 5.92 Å². The summed E-state index contributed by atoms with van der Waals surface area (Å²) < 4.78 is 56.2. The van der Waals surface area contributed by atoms with Crippen LogP contribution >= 0.6 is 0 Å². The Morgan fingerprint density at radius 1 is 1.36 bits per heavy atom. The summed E-state index contributed by atoms with van der Waals surface area (Å²) >= 11 is 0. The van der Waals surface area contributed by atoms with Crippen molar-refractivity contribution in [1.29, 1.82) is 5.26 Å². The molecule has 114 valence electrons. The van der Waals surface area contributed by atoms with Crippen molar-refractivity contribution in [3.8, 4) is 11.8 Å². The zero-order valence-electron chi connectivity index (χ0n) is 11.7. The Labute approximate surface area is 124 Å². The summed E-state index contributed by atoms with van der Waals surface area (Å²) in [5.41, 5.74) is 1.19. The second kappa shape index (κ2) is 4.87. The molecule has 0 unspecified atom stereocenters. The van der Waals surface area contributed by atoms with Gasteiger partial charge in [0.2, 0.25) is 0 Å². The molecular weight excluding hydrogens is 296 g/mol. The summed E-state index contributed by atoms with van der Waals surface area (Å²) in [5, 5.41) is 8.89. The van der Waals surface area contributed by atoms with E-state index in [4.69, 9.17) is 5.26 Å². The standard InChI is InChI=1S/C16H12F4N2/c1-9-8-22(11-2-3-12(17)10(6-11)7-21)13-4-5-16(19,20)15(18)14(9)13/h2-3,6,8,15H,4-5H2,1H3/t15-/m1/s1. The molecule has 2 nitrogen and oxygen atoms in total. The first-order valence-electron chi connectivity index (χ1n) is 6.78. The van der Waals surface area contributed by atoms with Crippen LogP contribution in [0.25, 0.3) is 5.69 Å². The quantitative estimate of drug-likeness (QED) is 0.718. The predicted molar refractivity (Wildman–Crippen MR) is 72.3 cm³/mol. The van der Waals surface area contributed by atoms with Crippen LogP contribution in [0.15, 0.2) is 24.4 Å². The van der Waals surface area contributed by atoms with Crippen LogP contribution < -0.4 is 0 Å². The molecule has 0 spiro atoms. The third kappa shape index (κ3) is 2.08. The summed E-state index contributed by atoms with van der Waals surface area (Å²) in [6.45, 7) is 1.57. The zero-order valence-corrected chi connectivity index (χ0v) is 11.7. The Kier molecular flexibility index (Phi) is 3.24. The molecule has 1 heterocycles. The number of hydrogen-bond acceptors (Lipinski definition) is 1. The smallest absolute Gasteiger partial charge is 0.283 e. The number of aryl methyl sites for hydroxylation is 1. The van der Waals surface area contributed by atoms with Crippen molar-refractivity contribution < 1.29 is 17.6 Å². The number of hydrogen-bond donors (Lipinski definition) is 0. The molecule has 1 aliphatic carbocycles. The maximum atomic E-state index is 14.1. The fourth-order valence-corrected chi connectivity index (χ4v) is 2.90. The van der Waals surface area contributed by atoms with E-state index in [2.05, 4.69) is 0 Å². The van der Waals surface area contributed by atoms with Gasteiger partial charge in [0.05, 0.1) is 5.56 Å². The van der Waals surface area contributed by atoms with E-state index >= 15 is 0 Å². The van der Waals surface area contributed by atoms with Crippen LogP contribution in [0.3, 0.4) is 0 Å². The lowest BCUT2D eigenvalue weighted by Gasteiger charge is -2.27. The van der Waals surface area contributed by atoms with Crippen molar-refractivity contribution in [2.45, 2.75) is 31.9 Å². The van der Waals surface area contributed by atoms with Gasteiger partial charge in [-0.2, -0.15) is 5.26 Å². The molecule has 0 amide bonds. The number of fused-ring (bicyclic) bond motifs is 1. The largest absolute Gasteiger partial charge is 0.320 e. The molecule has 0 aliphatic heterocycles. The van der Waals surface area contributed by atoms with Gasteiger partial charge in [0, 0.05) is 29.6 Å². The maximum absolute atomic E-state index is 14.1. The van der Waals surface area contributed by atoms with E-state index < -0.39 is 24.3 Å². The first kappa shape index (κ1) is 14.6. The second-order valence-electron chi connectivity index (χ2n) is 5.44. The molecule has 1 aromatic heterocycles. The Bertz CT molecular complexity index is 786. The van der Waals surface area contributed by atoms with Gasteiger partial charge in [-0.15, -0.1) is 0 Å². The number of rotatable bonds is 1. The molecule has 1 aromatic carbocycles. The molecule has 2 aromatic rings. The van der Waals surface area contributed by atoms with Gasteiger partial charge in [-0.3, -0.25) is 0 Å². The number of benzene rings is 1. The van der Waals surface area contributed by atoms with E-state index in [1.807, 2.05) is 0 Å². The van der Waals surface area contributed by atoms with E-state index in [-0.39, 0.29) is 17.5 Å². The molecule has 6 heteroatoms. The van der Waals surface area contributed by atoms with E-state index in [0.717, 1.165) is 6.07 Å². The molecule has 1 atom stereocenters. The van der Waals surface area contributed by atoms with Crippen molar-refractivity contribution >= 4 is 0 Å². The third-order valence-electron chi connectivity index (χ3n) is 4.02. The normalized spacial score (nSPS) is 19.5. The molecular formula is C16H12F4N2. The average Bonchev–Trinajstić information content (AvgIpc) is 2.81. The predicted octanol–water partition coefficient (Wildman–Crippen LogP) is 4.39. The van der Waals surface area contributed by atoms with E-state index in [9.17, 15) is 17.6 Å². The SMILES string of the molecule is Cc1cn(-c2ccc(F)c(C#N)c2)c2c1[C@@H](F)C(F)(F)CC2.